The Morgan fingerprint density at radius 2 is 1.89 bits per heavy atom. The summed E-state index contributed by atoms with van der Waals surface area (Å²) in [5, 5.41) is 19.0. The number of aromatic nitrogens is 1. The van der Waals surface area contributed by atoms with E-state index < -0.39 is 0 Å². The van der Waals surface area contributed by atoms with Gasteiger partial charge in [0.1, 0.15) is 0 Å². The SMILES string of the molecule is Cc1cc(-c2nc3cc(O)ccc3[se]2)ccc1O. The zero-order valence-corrected chi connectivity index (χ0v) is 11.4. The second-order valence-corrected chi connectivity index (χ2v) is 6.33. The second kappa shape index (κ2) is 4.16. The Labute approximate surface area is 110 Å². The van der Waals surface area contributed by atoms with Crippen molar-refractivity contribution in [1.82, 2.24) is 4.98 Å². The molecule has 0 aliphatic carbocycles. The normalized spacial score (nSPS) is 10.9. The summed E-state index contributed by atoms with van der Waals surface area (Å²) in [6, 6.07) is 10.8. The van der Waals surface area contributed by atoms with Crippen LogP contribution in [0.1, 0.15) is 5.56 Å². The van der Waals surface area contributed by atoms with Gasteiger partial charge in [-0.15, -0.1) is 0 Å². The topological polar surface area (TPSA) is 53.4 Å². The van der Waals surface area contributed by atoms with Crippen molar-refractivity contribution >= 4 is 24.3 Å². The van der Waals surface area contributed by atoms with E-state index in [-0.39, 0.29) is 20.3 Å². The number of benzene rings is 2. The molecule has 0 amide bonds. The van der Waals surface area contributed by atoms with Gasteiger partial charge in [0.05, 0.1) is 0 Å². The van der Waals surface area contributed by atoms with E-state index in [0.29, 0.717) is 5.75 Å². The third-order valence-electron chi connectivity index (χ3n) is 2.81. The van der Waals surface area contributed by atoms with Crippen LogP contribution in [0.3, 0.4) is 0 Å². The Morgan fingerprint density at radius 3 is 2.67 bits per heavy atom. The molecule has 0 unspecified atom stereocenters. The first-order valence-corrected chi connectivity index (χ1v) is 7.24. The predicted molar refractivity (Wildman–Crippen MR) is 72.2 cm³/mol. The number of phenols is 2. The molecule has 4 heteroatoms. The summed E-state index contributed by atoms with van der Waals surface area (Å²) in [5.74, 6) is 0.552. The van der Waals surface area contributed by atoms with Crippen LogP contribution in [0, 0.1) is 6.92 Å². The van der Waals surface area contributed by atoms with Crippen molar-refractivity contribution in [2.45, 2.75) is 6.92 Å². The Kier molecular flexibility index (Phi) is 2.62. The van der Waals surface area contributed by atoms with Crippen LogP contribution in [-0.2, 0) is 0 Å². The van der Waals surface area contributed by atoms with Crippen molar-refractivity contribution < 1.29 is 10.2 Å². The number of phenolic OH excluding ortho intramolecular Hbond substituents is 2. The molecule has 0 spiro atoms. The molecule has 3 nitrogen and oxygen atoms in total. The van der Waals surface area contributed by atoms with Crippen molar-refractivity contribution in [3.8, 4) is 21.6 Å². The summed E-state index contributed by atoms with van der Waals surface area (Å²) in [6.07, 6.45) is 0. The summed E-state index contributed by atoms with van der Waals surface area (Å²) in [4.78, 5) is 4.56. The summed E-state index contributed by atoms with van der Waals surface area (Å²) in [7, 11) is 0. The van der Waals surface area contributed by atoms with Crippen LogP contribution >= 0.6 is 0 Å². The zero-order chi connectivity index (χ0) is 12.7. The summed E-state index contributed by atoms with van der Waals surface area (Å²) in [6.45, 7) is 1.88. The fourth-order valence-corrected chi connectivity index (χ4v) is 3.80. The fraction of sp³-hybridized carbons (Fsp3) is 0.0714. The van der Waals surface area contributed by atoms with Crippen LogP contribution in [0.5, 0.6) is 11.5 Å². The molecular weight excluding hydrogens is 293 g/mol. The van der Waals surface area contributed by atoms with E-state index in [1.807, 2.05) is 25.1 Å². The first-order valence-electron chi connectivity index (χ1n) is 5.53. The Balaban J connectivity index is 2.16. The Bertz CT molecular complexity index is 734. The van der Waals surface area contributed by atoms with Crippen LogP contribution in [-0.4, -0.2) is 29.7 Å². The van der Waals surface area contributed by atoms with Gasteiger partial charge in [-0.25, -0.2) is 0 Å². The zero-order valence-electron chi connectivity index (χ0n) is 9.71. The Hall–Kier alpha value is -1.77. The third kappa shape index (κ3) is 1.90. The van der Waals surface area contributed by atoms with Gasteiger partial charge in [-0.2, -0.15) is 0 Å². The first kappa shape index (κ1) is 11.3. The van der Waals surface area contributed by atoms with Crippen LogP contribution < -0.4 is 0 Å². The van der Waals surface area contributed by atoms with E-state index in [1.165, 1.54) is 4.26 Å². The van der Waals surface area contributed by atoms with Crippen LogP contribution in [0.2, 0.25) is 0 Å². The van der Waals surface area contributed by atoms with E-state index >= 15 is 0 Å². The average Bonchev–Trinajstić information content (AvgIpc) is 2.75. The molecule has 0 fully saturated rings. The second-order valence-electron chi connectivity index (χ2n) is 4.17. The minimum absolute atomic E-state index is 0.159. The van der Waals surface area contributed by atoms with Gasteiger partial charge < -0.3 is 0 Å². The van der Waals surface area contributed by atoms with Crippen molar-refractivity contribution in [1.29, 1.82) is 0 Å². The van der Waals surface area contributed by atoms with Gasteiger partial charge in [-0.05, 0) is 0 Å². The van der Waals surface area contributed by atoms with Gasteiger partial charge in [-0.1, -0.05) is 0 Å². The van der Waals surface area contributed by atoms with E-state index in [1.54, 1.807) is 18.2 Å². The molecule has 0 saturated carbocycles. The van der Waals surface area contributed by atoms with Crippen LogP contribution in [0.15, 0.2) is 36.4 Å². The molecule has 90 valence electrons. The number of nitrogens with zero attached hydrogens (tertiary/aromatic N) is 1. The third-order valence-corrected chi connectivity index (χ3v) is 5.09. The minimum atomic E-state index is 0.159. The molecule has 3 aromatic rings. The van der Waals surface area contributed by atoms with E-state index in [9.17, 15) is 10.2 Å². The molecule has 0 bridgehead atoms. The van der Waals surface area contributed by atoms with E-state index in [2.05, 4.69) is 4.98 Å². The van der Waals surface area contributed by atoms with Gasteiger partial charge in [0.25, 0.3) is 0 Å². The van der Waals surface area contributed by atoms with Crippen molar-refractivity contribution in [2.75, 3.05) is 0 Å². The van der Waals surface area contributed by atoms with Crippen molar-refractivity contribution in [3.63, 3.8) is 0 Å². The number of hydrogen-bond acceptors (Lipinski definition) is 3. The first-order chi connectivity index (χ1) is 8.63. The number of rotatable bonds is 1. The predicted octanol–water partition coefficient (Wildman–Crippen LogP) is 2.68. The molecule has 0 saturated heterocycles. The maximum atomic E-state index is 9.53. The molecule has 0 atom stereocenters. The van der Waals surface area contributed by atoms with Gasteiger partial charge in [0, 0.05) is 0 Å². The summed E-state index contributed by atoms with van der Waals surface area (Å²) >= 11 is 0.159. The van der Waals surface area contributed by atoms with Gasteiger partial charge in [-0.3, -0.25) is 0 Å². The van der Waals surface area contributed by atoms with Crippen molar-refractivity contribution in [2.24, 2.45) is 0 Å². The molecule has 3 rings (SSSR count). The molecule has 1 heterocycles. The van der Waals surface area contributed by atoms with E-state index in [0.717, 1.165) is 21.2 Å². The number of aryl methyl sites for hydroxylation is 1. The molecule has 0 radical (unpaired) electrons. The fourth-order valence-electron chi connectivity index (χ4n) is 1.83. The van der Waals surface area contributed by atoms with Crippen LogP contribution in [0.4, 0.5) is 0 Å². The van der Waals surface area contributed by atoms with Gasteiger partial charge in [0.2, 0.25) is 0 Å². The number of hydrogen-bond donors (Lipinski definition) is 2. The molecule has 0 aliphatic rings. The monoisotopic (exact) mass is 305 g/mol. The molecule has 18 heavy (non-hydrogen) atoms. The molecule has 1 aromatic heterocycles. The summed E-state index contributed by atoms with van der Waals surface area (Å²) < 4.78 is 2.22. The molecular formula is C14H11NO2Se. The van der Waals surface area contributed by atoms with Crippen molar-refractivity contribution in [3.05, 3.63) is 42.0 Å². The standard InChI is InChI=1S/C14H11NO2Se/c1-8-6-9(2-4-12(8)17)14-15-11-7-10(16)3-5-13(11)18-14/h2-7,16-17H,1H3. The van der Waals surface area contributed by atoms with Gasteiger partial charge in [0.15, 0.2) is 0 Å². The molecule has 0 aliphatic heterocycles. The van der Waals surface area contributed by atoms with Gasteiger partial charge >= 0.3 is 110 Å². The average molecular weight is 304 g/mol. The maximum absolute atomic E-state index is 9.53. The number of fused-ring (bicyclic) bond motifs is 1. The molecule has 2 aromatic carbocycles. The number of aromatic hydroxyl groups is 2. The van der Waals surface area contributed by atoms with E-state index in [4.69, 9.17) is 0 Å². The Morgan fingerprint density at radius 1 is 1.06 bits per heavy atom. The summed E-state index contributed by atoms with van der Waals surface area (Å²) in [5.41, 5.74) is 2.75. The molecule has 2 N–H and O–H groups in total. The quantitative estimate of drug-likeness (QED) is 0.680. The van der Waals surface area contributed by atoms with Crippen LogP contribution in [0.25, 0.3) is 19.9 Å².